The van der Waals surface area contributed by atoms with Gasteiger partial charge in [0.2, 0.25) is 5.91 Å². The van der Waals surface area contributed by atoms with Gasteiger partial charge in [-0.15, -0.1) is 0 Å². The summed E-state index contributed by atoms with van der Waals surface area (Å²) in [6.07, 6.45) is 5.83. The SMILES string of the molecule is CN1CCC(NC(=O)CCn2cc(Cl)cn2)CC1. The van der Waals surface area contributed by atoms with E-state index in [0.717, 1.165) is 25.9 Å². The molecule has 0 aliphatic carbocycles. The summed E-state index contributed by atoms with van der Waals surface area (Å²) in [5.41, 5.74) is 0. The number of rotatable bonds is 4. The van der Waals surface area contributed by atoms with Crippen molar-refractivity contribution in [3.05, 3.63) is 17.4 Å². The van der Waals surface area contributed by atoms with Crippen LogP contribution in [0.5, 0.6) is 0 Å². The second-order valence-corrected chi connectivity index (χ2v) is 5.25. The lowest BCUT2D eigenvalue weighted by molar-refractivity contribution is -0.122. The van der Waals surface area contributed by atoms with Gasteiger partial charge in [-0.1, -0.05) is 11.6 Å². The number of hydrogen-bond donors (Lipinski definition) is 1. The van der Waals surface area contributed by atoms with Crippen LogP contribution in [0, 0.1) is 0 Å². The molecule has 0 radical (unpaired) electrons. The van der Waals surface area contributed by atoms with Crippen LogP contribution in [0.3, 0.4) is 0 Å². The van der Waals surface area contributed by atoms with Gasteiger partial charge in [0.15, 0.2) is 0 Å². The summed E-state index contributed by atoms with van der Waals surface area (Å²) in [6, 6.07) is 0.329. The van der Waals surface area contributed by atoms with Gasteiger partial charge in [0.1, 0.15) is 0 Å². The van der Waals surface area contributed by atoms with E-state index >= 15 is 0 Å². The highest BCUT2D eigenvalue weighted by Crippen LogP contribution is 2.09. The number of aryl methyl sites for hydroxylation is 1. The Morgan fingerprint density at radius 3 is 2.89 bits per heavy atom. The van der Waals surface area contributed by atoms with E-state index in [1.807, 2.05) is 0 Å². The first-order valence-corrected chi connectivity index (χ1v) is 6.67. The Morgan fingerprint density at radius 1 is 1.56 bits per heavy atom. The van der Waals surface area contributed by atoms with Gasteiger partial charge in [0, 0.05) is 25.2 Å². The highest BCUT2D eigenvalue weighted by Gasteiger charge is 2.18. The molecule has 1 aliphatic heterocycles. The van der Waals surface area contributed by atoms with E-state index in [9.17, 15) is 4.79 Å². The van der Waals surface area contributed by atoms with Crippen molar-refractivity contribution in [3.8, 4) is 0 Å². The van der Waals surface area contributed by atoms with Crippen LogP contribution in [0.1, 0.15) is 19.3 Å². The van der Waals surface area contributed by atoms with E-state index in [0.29, 0.717) is 24.0 Å². The highest BCUT2D eigenvalue weighted by atomic mass is 35.5. The standard InChI is InChI=1S/C12H19ClN4O/c1-16-5-2-11(3-6-16)15-12(18)4-7-17-9-10(13)8-14-17/h8-9,11H,2-7H2,1H3,(H,15,18). The Hall–Kier alpha value is -1.07. The fraction of sp³-hybridized carbons (Fsp3) is 0.667. The first-order valence-electron chi connectivity index (χ1n) is 6.29. The van der Waals surface area contributed by atoms with Gasteiger partial charge in [0.05, 0.1) is 11.2 Å². The lowest BCUT2D eigenvalue weighted by Gasteiger charge is -2.29. The van der Waals surface area contributed by atoms with E-state index in [1.165, 1.54) is 0 Å². The minimum absolute atomic E-state index is 0.0937. The second-order valence-electron chi connectivity index (χ2n) is 4.82. The molecule has 1 aromatic rings. The smallest absolute Gasteiger partial charge is 0.222 e. The number of nitrogens with one attached hydrogen (secondary N) is 1. The van der Waals surface area contributed by atoms with Crippen LogP contribution >= 0.6 is 11.6 Å². The maximum absolute atomic E-state index is 11.8. The van der Waals surface area contributed by atoms with Gasteiger partial charge in [-0.3, -0.25) is 9.48 Å². The Balaban J connectivity index is 1.69. The van der Waals surface area contributed by atoms with E-state index in [-0.39, 0.29) is 5.91 Å². The number of carbonyl (C=O) groups excluding carboxylic acids is 1. The Labute approximate surface area is 112 Å². The maximum Gasteiger partial charge on any atom is 0.222 e. The highest BCUT2D eigenvalue weighted by molar-refractivity contribution is 6.30. The van der Waals surface area contributed by atoms with Gasteiger partial charge in [-0.25, -0.2) is 0 Å². The van der Waals surface area contributed by atoms with E-state index in [4.69, 9.17) is 11.6 Å². The lowest BCUT2D eigenvalue weighted by Crippen LogP contribution is -2.43. The molecular weight excluding hydrogens is 252 g/mol. The quantitative estimate of drug-likeness (QED) is 0.893. The van der Waals surface area contributed by atoms with Crippen molar-refractivity contribution in [1.82, 2.24) is 20.0 Å². The van der Waals surface area contributed by atoms with Crippen molar-refractivity contribution >= 4 is 17.5 Å². The van der Waals surface area contributed by atoms with Crippen molar-refractivity contribution in [3.63, 3.8) is 0 Å². The maximum atomic E-state index is 11.8. The van der Waals surface area contributed by atoms with Crippen LogP contribution in [-0.2, 0) is 11.3 Å². The summed E-state index contributed by atoms with van der Waals surface area (Å²) in [6.45, 7) is 2.69. The summed E-state index contributed by atoms with van der Waals surface area (Å²) in [5, 5.41) is 7.72. The molecule has 0 bridgehead atoms. The number of likely N-dealkylation sites (tertiary alicyclic amines) is 1. The molecule has 6 heteroatoms. The van der Waals surface area contributed by atoms with Crippen LogP contribution in [0.15, 0.2) is 12.4 Å². The molecule has 0 saturated carbocycles. The molecule has 0 spiro atoms. The lowest BCUT2D eigenvalue weighted by atomic mass is 10.1. The molecule has 18 heavy (non-hydrogen) atoms. The number of piperidine rings is 1. The third kappa shape index (κ3) is 3.99. The molecule has 1 fully saturated rings. The van der Waals surface area contributed by atoms with Crippen molar-refractivity contribution < 1.29 is 4.79 Å². The summed E-state index contributed by atoms with van der Waals surface area (Å²) in [5.74, 6) is 0.0937. The monoisotopic (exact) mass is 270 g/mol. The molecule has 2 rings (SSSR count). The third-order valence-corrected chi connectivity index (χ3v) is 3.45. The van der Waals surface area contributed by atoms with E-state index in [1.54, 1.807) is 17.1 Å². The number of carbonyl (C=O) groups is 1. The van der Waals surface area contributed by atoms with Crippen LogP contribution < -0.4 is 5.32 Å². The molecule has 100 valence electrons. The van der Waals surface area contributed by atoms with Gasteiger partial charge >= 0.3 is 0 Å². The zero-order valence-corrected chi connectivity index (χ0v) is 11.4. The molecular formula is C12H19ClN4O. The zero-order valence-electron chi connectivity index (χ0n) is 10.6. The van der Waals surface area contributed by atoms with Crippen molar-refractivity contribution in [1.29, 1.82) is 0 Å². The Bertz CT molecular complexity index is 399. The van der Waals surface area contributed by atoms with Crippen LogP contribution in [0.2, 0.25) is 5.02 Å². The molecule has 5 nitrogen and oxygen atoms in total. The van der Waals surface area contributed by atoms with Gasteiger partial charge in [-0.2, -0.15) is 5.10 Å². The topological polar surface area (TPSA) is 50.2 Å². The third-order valence-electron chi connectivity index (χ3n) is 3.25. The molecule has 1 aliphatic rings. The average molecular weight is 271 g/mol. The average Bonchev–Trinajstić information content (AvgIpc) is 2.76. The van der Waals surface area contributed by atoms with Gasteiger partial charge < -0.3 is 10.2 Å². The fourth-order valence-electron chi connectivity index (χ4n) is 2.13. The van der Waals surface area contributed by atoms with Crippen molar-refractivity contribution in [2.75, 3.05) is 20.1 Å². The van der Waals surface area contributed by atoms with Crippen LogP contribution in [0.4, 0.5) is 0 Å². The first-order chi connectivity index (χ1) is 8.63. The van der Waals surface area contributed by atoms with Crippen LogP contribution in [0.25, 0.3) is 0 Å². The minimum Gasteiger partial charge on any atom is -0.353 e. The molecule has 1 N–H and O–H groups in total. The van der Waals surface area contributed by atoms with E-state index in [2.05, 4.69) is 22.4 Å². The first kappa shape index (κ1) is 13.4. The molecule has 0 atom stereocenters. The Kier molecular flexibility index (Phi) is 4.60. The van der Waals surface area contributed by atoms with E-state index < -0.39 is 0 Å². The summed E-state index contributed by atoms with van der Waals surface area (Å²) in [4.78, 5) is 14.1. The number of amides is 1. The molecule has 1 aromatic heterocycles. The minimum atomic E-state index is 0.0937. The van der Waals surface area contributed by atoms with Crippen LogP contribution in [-0.4, -0.2) is 46.8 Å². The van der Waals surface area contributed by atoms with Gasteiger partial charge in [0.25, 0.3) is 0 Å². The zero-order chi connectivity index (χ0) is 13.0. The van der Waals surface area contributed by atoms with Crippen molar-refractivity contribution in [2.24, 2.45) is 0 Å². The molecule has 0 aromatic carbocycles. The predicted octanol–water partition coefficient (Wildman–Crippen LogP) is 1.14. The summed E-state index contributed by atoms with van der Waals surface area (Å²) in [7, 11) is 2.11. The molecule has 1 amide bonds. The summed E-state index contributed by atoms with van der Waals surface area (Å²) >= 11 is 5.76. The number of halogens is 1. The normalized spacial score (nSPS) is 17.9. The Morgan fingerprint density at radius 2 is 2.28 bits per heavy atom. The molecule has 0 unspecified atom stereocenters. The molecule has 2 heterocycles. The number of hydrogen-bond acceptors (Lipinski definition) is 3. The number of nitrogens with zero attached hydrogens (tertiary/aromatic N) is 3. The fourth-order valence-corrected chi connectivity index (χ4v) is 2.29. The van der Waals surface area contributed by atoms with Gasteiger partial charge in [-0.05, 0) is 33.0 Å². The summed E-state index contributed by atoms with van der Waals surface area (Å²) < 4.78 is 1.69. The largest absolute Gasteiger partial charge is 0.353 e. The second kappa shape index (κ2) is 6.20. The van der Waals surface area contributed by atoms with Crippen molar-refractivity contribution in [2.45, 2.75) is 31.8 Å². The number of aromatic nitrogens is 2. The predicted molar refractivity (Wildman–Crippen MR) is 70.5 cm³/mol. The molecule has 1 saturated heterocycles.